The predicted molar refractivity (Wildman–Crippen MR) is 108 cm³/mol. The lowest BCUT2D eigenvalue weighted by atomic mass is 9.72. The van der Waals surface area contributed by atoms with Crippen LogP contribution in [0.5, 0.6) is 0 Å². The van der Waals surface area contributed by atoms with Gasteiger partial charge in [-0.3, -0.25) is 9.59 Å². The number of aryl methyl sites for hydroxylation is 1. The van der Waals surface area contributed by atoms with E-state index in [0.717, 1.165) is 19.3 Å². The van der Waals surface area contributed by atoms with Crippen LogP contribution in [0.25, 0.3) is 0 Å². The number of rotatable bonds is 3. The molecular weight excluding hydrogens is 363 g/mol. The summed E-state index contributed by atoms with van der Waals surface area (Å²) in [6.07, 6.45) is 3.17. The molecule has 0 saturated heterocycles. The number of nitrogens with one attached hydrogen (secondary N) is 2. The van der Waals surface area contributed by atoms with Gasteiger partial charge in [0.15, 0.2) is 0 Å². The number of amides is 2. The van der Waals surface area contributed by atoms with Crippen molar-refractivity contribution in [2.45, 2.75) is 47.0 Å². The average Bonchev–Trinajstić information content (AvgIpc) is 3.00. The summed E-state index contributed by atoms with van der Waals surface area (Å²) in [4.78, 5) is 25.8. The van der Waals surface area contributed by atoms with E-state index in [4.69, 9.17) is 0 Å². The van der Waals surface area contributed by atoms with Crippen molar-refractivity contribution in [3.63, 3.8) is 0 Å². The van der Waals surface area contributed by atoms with Gasteiger partial charge in [0.1, 0.15) is 5.82 Å². The van der Waals surface area contributed by atoms with Gasteiger partial charge in [-0.2, -0.15) is 0 Å². The van der Waals surface area contributed by atoms with Crippen molar-refractivity contribution >= 4 is 34.5 Å². The molecule has 3 rings (SSSR count). The Morgan fingerprint density at radius 3 is 2.59 bits per heavy atom. The number of anilines is 2. The molecule has 1 aromatic heterocycles. The molecule has 0 fully saturated rings. The van der Waals surface area contributed by atoms with Crippen molar-refractivity contribution < 1.29 is 14.0 Å². The molecule has 1 aliphatic rings. The van der Waals surface area contributed by atoms with Crippen LogP contribution in [0.2, 0.25) is 0 Å². The van der Waals surface area contributed by atoms with Crippen LogP contribution in [0.3, 0.4) is 0 Å². The Balaban J connectivity index is 1.75. The Morgan fingerprint density at radius 2 is 1.93 bits per heavy atom. The van der Waals surface area contributed by atoms with Crippen LogP contribution in [0.15, 0.2) is 24.3 Å². The zero-order valence-corrected chi connectivity index (χ0v) is 16.9. The highest BCUT2D eigenvalue weighted by atomic mass is 32.1. The third-order valence-electron chi connectivity index (χ3n) is 5.07. The molecular formula is C21H25FN2O2S. The standard InChI is InChI=1S/C21H25FN2O2S/c1-12(25)23-17-11-15(6-7-16(17)22)24-20(26)19-10-13-9-14(21(2,3)4)5-8-18(13)27-19/h6-7,10-11,14H,5,8-9H2,1-4H3,(H,23,25)(H,24,26). The Labute approximate surface area is 163 Å². The van der Waals surface area contributed by atoms with Crippen LogP contribution in [-0.2, 0) is 17.6 Å². The molecule has 4 nitrogen and oxygen atoms in total. The molecule has 2 amide bonds. The Morgan fingerprint density at radius 1 is 1.19 bits per heavy atom. The maximum atomic E-state index is 13.8. The van der Waals surface area contributed by atoms with Crippen LogP contribution in [0.4, 0.5) is 15.8 Å². The van der Waals surface area contributed by atoms with Crippen molar-refractivity contribution in [2.24, 2.45) is 11.3 Å². The van der Waals surface area contributed by atoms with E-state index in [-0.39, 0.29) is 22.9 Å². The Hall–Kier alpha value is -2.21. The maximum absolute atomic E-state index is 13.8. The van der Waals surface area contributed by atoms with Crippen LogP contribution in [0, 0.1) is 17.2 Å². The number of carbonyl (C=O) groups is 2. The molecule has 1 heterocycles. The summed E-state index contributed by atoms with van der Waals surface area (Å²) in [6, 6.07) is 6.14. The van der Waals surface area contributed by atoms with Crippen LogP contribution >= 0.6 is 11.3 Å². The van der Waals surface area contributed by atoms with E-state index in [1.165, 1.54) is 46.9 Å². The second-order valence-electron chi connectivity index (χ2n) is 8.19. The fraction of sp³-hybridized carbons (Fsp3) is 0.429. The Bertz CT molecular complexity index is 883. The average molecular weight is 389 g/mol. The van der Waals surface area contributed by atoms with Gasteiger partial charge in [-0.05, 0) is 60.4 Å². The highest BCUT2D eigenvalue weighted by Crippen LogP contribution is 2.40. The summed E-state index contributed by atoms with van der Waals surface area (Å²) in [7, 11) is 0. The number of fused-ring (bicyclic) bond motifs is 1. The van der Waals surface area contributed by atoms with Gasteiger partial charge in [0.05, 0.1) is 10.6 Å². The number of halogens is 1. The molecule has 2 N–H and O–H groups in total. The molecule has 144 valence electrons. The molecule has 6 heteroatoms. The molecule has 2 aromatic rings. The molecule has 1 atom stereocenters. The molecule has 1 aromatic carbocycles. The lowest BCUT2D eigenvalue weighted by Crippen LogP contribution is -2.26. The van der Waals surface area contributed by atoms with Gasteiger partial charge < -0.3 is 10.6 Å². The molecule has 0 saturated carbocycles. The SMILES string of the molecule is CC(=O)Nc1cc(NC(=O)c2cc3c(s2)CCC(C(C)(C)C)C3)ccc1F. The second kappa shape index (κ2) is 7.43. The topological polar surface area (TPSA) is 58.2 Å². The van der Waals surface area contributed by atoms with E-state index in [0.29, 0.717) is 16.5 Å². The first-order valence-electron chi connectivity index (χ1n) is 9.13. The predicted octanol–water partition coefficient (Wildman–Crippen LogP) is 5.25. The number of carbonyl (C=O) groups excluding carboxylic acids is 2. The van der Waals surface area contributed by atoms with E-state index in [2.05, 4.69) is 31.4 Å². The first-order chi connectivity index (χ1) is 12.6. The van der Waals surface area contributed by atoms with E-state index < -0.39 is 5.82 Å². The largest absolute Gasteiger partial charge is 0.324 e. The molecule has 0 aliphatic heterocycles. The van der Waals surface area contributed by atoms with Gasteiger partial charge in [0, 0.05) is 17.5 Å². The van der Waals surface area contributed by atoms with Gasteiger partial charge in [-0.15, -0.1) is 11.3 Å². The number of benzene rings is 1. The lowest BCUT2D eigenvalue weighted by Gasteiger charge is -2.33. The molecule has 0 radical (unpaired) electrons. The van der Waals surface area contributed by atoms with Gasteiger partial charge in [-0.25, -0.2) is 4.39 Å². The van der Waals surface area contributed by atoms with E-state index in [9.17, 15) is 14.0 Å². The van der Waals surface area contributed by atoms with Gasteiger partial charge in [0.25, 0.3) is 5.91 Å². The minimum absolute atomic E-state index is 0.0544. The molecule has 1 unspecified atom stereocenters. The third kappa shape index (κ3) is 4.56. The fourth-order valence-electron chi connectivity index (χ4n) is 3.46. The van der Waals surface area contributed by atoms with Crippen LogP contribution in [-0.4, -0.2) is 11.8 Å². The van der Waals surface area contributed by atoms with Gasteiger partial charge >= 0.3 is 0 Å². The van der Waals surface area contributed by atoms with Crippen LogP contribution in [0.1, 0.15) is 54.2 Å². The van der Waals surface area contributed by atoms with Gasteiger partial charge in [-0.1, -0.05) is 20.8 Å². The zero-order chi connectivity index (χ0) is 19.8. The van der Waals surface area contributed by atoms with Crippen molar-refractivity contribution in [3.05, 3.63) is 45.4 Å². The number of hydrogen-bond acceptors (Lipinski definition) is 3. The molecule has 1 aliphatic carbocycles. The van der Waals surface area contributed by atoms with Crippen molar-refractivity contribution in [1.29, 1.82) is 0 Å². The number of hydrogen-bond donors (Lipinski definition) is 2. The smallest absolute Gasteiger partial charge is 0.265 e. The number of thiophene rings is 1. The van der Waals surface area contributed by atoms with Crippen LogP contribution < -0.4 is 10.6 Å². The first-order valence-corrected chi connectivity index (χ1v) is 9.95. The summed E-state index contributed by atoms with van der Waals surface area (Å²) in [5.74, 6) is -0.491. The lowest BCUT2D eigenvalue weighted by molar-refractivity contribution is -0.114. The summed E-state index contributed by atoms with van der Waals surface area (Å²) >= 11 is 1.54. The summed E-state index contributed by atoms with van der Waals surface area (Å²) in [6.45, 7) is 8.11. The quantitative estimate of drug-likeness (QED) is 0.754. The molecule has 27 heavy (non-hydrogen) atoms. The Kier molecular flexibility index (Phi) is 5.38. The summed E-state index contributed by atoms with van der Waals surface area (Å²) in [5, 5.41) is 5.23. The van der Waals surface area contributed by atoms with E-state index >= 15 is 0 Å². The molecule has 0 bridgehead atoms. The second-order valence-corrected chi connectivity index (χ2v) is 9.33. The summed E-state index contributed by atoms with van der Waals surface area (Å²) < 4.78 is 13.8. The zero-order valence-electron chi connectivity index (χ0n) is 16.1. The molecule has 0 spiro atoms. The van der Waals surface area contributed by atoms with E-state index in [1.807, 2.05) is 6.07 Å². The van der Waals surface area contributed by atoms with Gasteiger partial charge in [0.2, 0.25) is 5.91 Å². The normalized spacial score (nSPS) is 16.6. The van der Waals surface area contributed by atoms with E-state index in [1.54, 1.807) is 0 Å². The van der Waals surface area contributed by atoms with Crippen molar-refractivity contribution in [1.82, 2.24) is 0 Å². The minimum Gasteiger partial charge on any atom is -0.324 e. The monoisotopic (exact) mass is 388 g/mol. The fourth-order valence-corrected chi connectivity index (χ4v) is 4.56. The summed E-state index contributed by atoms with van der Waals surface area (Å²) in [5.41, 5.74) is 2.04. The highest BCUT2D eigenvalue weighted by Gasteiger charge is 2.30. The minimum atomic E-state index is -0.539. The third-order valence-corrected chi connectivity index (χ3v) is 6.30. The van der Waals surface area contributed by atoms with Crippen molar-refractivity contribution in [2.75, 3.05) is 10.6 Å². The maximum Gasteiger partial charge on any atom is 0.265 e. The van der Waals surface area contributed by atoms with Crippen molar-refractivity contribution in [3.8, 4) is 0 Å². The first kappa shape index (κ1) is 19.5. The highest BCUT2D eigenvalue weighted by molar-refractivity contribution is 7.14.